The van der Waals surface area contributed by atoms with E-state index in [9.17, 15) is 4.79 Å². The van der Waals surface area contributed by atoms with Crippen molar-refractivity contribution in [3.63, 3.8) is 0 Å². The molecular formula is C12H19N3O2. The normalized spacial score (nSPS) is 13.2. The van der Waals surface area contributed by atoms with Crippen LogP contribution in [0.4, 0.5) is 5.82 Å². The van der Waals surface area contributed by atoms with Crippen molar-refractivity contribution < 1.29 is 9.90 Å². The Morgan fingerprint density at radius 2 is 2.06 bits per heavy atom. The predicted molar refractivity (Wildman–Crippen MR) is 66.3 cm³/mol. The molecule has 0 aliphatic heterocycles. The lowest BCUT2D eigenvalue weighted by Gasteiger charge is -2.36. The monoisotopic (exact) mass is 237 g/mol. The van der Waals surface area contributed by atoms with Crippen molar-refractivity contribution in [3.05, 3.63) is 17.8 Å². The molecule has 0 aliphatic carbocycles. The Bertz CT molecular complexity index is 412. The van der Waals surface area contributed by atoms with Gasteiger partial charge in [-0.15, -0.1) is 5.10 Å². The zero-order valence-electron chi connectivity index (χ0n) is 10.9. The van der Waals surface area contributed by atoms with E-state index in [2.05, 4.69) is 31.0 Å². The second-order valence-electron chi connectivity index (χ2n) is 5.23. The molecular weight excluding hydrogens is 218 g/mol. The van der Waals surface area contributed by atoms with Gasteiger partial charge in [-0.2, -0.15) is 5.10 Å². The number of aromatic nitrogens is 2. The molecule has 17 heavy (non-hydrogen) atoms. The molecule has 1 aromatic heterocycles. The van der Waals surface area contributed by atoms with Crippen molar-refractivity contribution in [1.29, 1.82) is 0 Å². The van der Waals surface area contributed by atoms with Crippen molar-refractivity contribution in [2.75, 3.05) is 11.9 Å². The molecule has 1 aromatic rings. The van der Waals surface area contributed by atoms with Crippen molar-refractivity contribution >= 4 is 11.8 Å². The molecule has 5 nitrogen and oxygen atoms in total. The summed E-state index contributed by atoms with van der Waals surface area (Å²) in [5.41, 5.74) is 0.209. The van der Waals surface area contributed by atoms with Gasteiger partial charge in [-0.1, -0.05) is 20.8 Å². The van der Waals surface area contributed by atoms with Crippen LogP contribution in [0.5, 0.6) is 0 Å². The van der Waals surface area contributed by atoms with Crippen LogP contribution in [0.15, 0.2) is 12.3 Å². The second-order valence-corrected chi connectivity index (χ2v) is 5.23. The van der Waals surface area contributed by atoms with E-state index in [1.165, 1.54) is 12.3 Å². The number of carboxylic acid groups (broad SMARTS) is 1. The van der Waals surface area contributed by atoms with Crippen molar-refractivity contribution in [2.24, 2.45) is 5.41 Å². The number of anilines is 1. The van der Waals surface area contributed by atoms with Crippen LogP contribution < -0.4 is 4.90 Å². The van der Waals surface area contributed by atoms with Crippen LogP contribution in [0.2, 0.25) is 0 Å². The van der Waals surface area contributed by atoms with Crippen molar-refractivity contribution in [3.8, 4) is 0 Å². The summed E-state index contributed by atoms with van der Waals surface area (Å²) in [4.78, 5) is 13.0. The van der Waals surface area contributed by atoms with E-state index in [1.807, 2.05) is 18.9 Å². The molecule has 5 heteroatoms. The first kappa shape index (κ1) is 13.4. The standard InChI is InChI=1S/C12H19N3O2/c1-8(12(2,3)4)15(5)10-9(11(16)17)6-7-13-14-10/h6-8H,1-5H3,(H,16,17). The van der Waals surface area contributed by atoms with Gasteiger partial charge in [0.15, 0.2) is 5.82 Å². The molecule has 0 fully saturated rings. The molecule has 0 saturated carbocycles. The summed E-state index contributed by atoms with van der Waals surface area (Å²) in [5, 5.41) is 16.8. The summed E-state index contributed by atoms with van der Waals surface area (Å²) in [6, 6.07) is 1.62. The zero-order chi connectivity index (χ0) is 13.2. The Kier molecular flexibility index (Phi) is 3.70. The minimum atomic E-state index is -0.983. The first-order valence-corrected chi connectivity index (χ1v) is 5.53. The summed E-state index contributed by atoms with van der Waals surface area (Å²) in [5.74, 6) is -0.578. The van der Waals surface area contributed by atoms with Gasteiger partial charge < -0.3 is 10.0 Å². The van der Waals surface area contributed by atoms with E-state index in [4.69, 9.17) is 5.11 Å². The van der Waals surface area contributed by atoms with Gasteiger partial charge in [0.2, 0.25) is 0 Å². The van der Waals surface area contributed by atoms with Crippen LogP contribution in [0.1, 0.15) is 38.1 Å². The Balaban J connectivity index is 3.12. The molecule has 0 aromatic carbocycles. The van der Waals surface area contributed by atoms with Crippen LogP contribution in [0.3, 0.4) is 0 Å². The van der Waals surface area contributed by atoms with Gasteiger partial charge in [0.1, 0.15) is 5.56 Å². The maximum absolute atomic E-state index is 11.1. The molecule has 0 spiro atoms. The third-order valence-corrected chi connectivity index (χ3v) is 3.10. The molecule has 1 atom stereocenters. The second kappa shape index (κ2) is 4.69. The lowest BCUT2D eigenvalue weighted by atomic mass is 9.87. The number of hydrogen-bond donors (Lipinski definition) is 1. The average molecular weight is 237 g/mol. The fraction of sp³-hybridized carbons (Fsp3) is 0.583. The Morgan fingerprint density at radius 3 is 2.53 bits per heavy atom. The highest BCUT2D eigenvalue weighted by molar-refractivity contribution is 5.93. The van der Waals surface area contributed by atoms with Crippen LogP contribution in [-0.2, 0) is 0 Å². The van der Waals surface area contributed by atoms with Gasteiger partial charge in [-0.25, -0.2) is 4.79 Å². The van der Waals surface area contributed by atoms with Gasteiger partial charge >= 0.3 is 5.97 Å². The molecule has 0 aliphatic rings. The van der Waals surface area contributed by atoms with E-state index in [-0.39, 0.29) is 17.0 Å². The number of carboxylic acids is 1. The number of carbonyl (C=O) groups is 1. The molecule has 0 amide bonds. The first-order chi connectivity index (χ1) is 7.75. The maximum Gasteiger partial charge on any atom is 0.339 e. The summed E-state index contributed by atoms with van der Waals surface area (Å²) in [6.45, 7) is 8.35. The topological polar surface area (TPSA) is 66.3 Å². The quantitative estimate of drug-likeness (QED) is 0.871. The number of nitrogens with zero attached hydrogens (tertiary/aromatic N) is 3. The molecule has 0 radical (unpaired) electrons. The van der Waals surface area contributed by atoms with Gasteiger partial charge in [-0.05, 0) is 18.4 Å². The largest absolute Gasteiger partial charge is 0.478 e. The Hall–Kier alpha value is -1.65. The average Bonchev–Trinajstić information content (AvgIpc) is 2.25. The maximum atomic E-state index is 11.1. The zero-order valence-corrected chi connectivity index (χ0v) is 10.9. The third-order valence-electron chi connectivity index (χ3n) is 3.10. The van der Waals surface area contributed by atoms with E-state index in [1.54, 1.807) is 0 Å². The van der Waals surface area contributed by atoms with Crippen molar-refractivity contribution in [2.45, 2.75) is 33.7 Å². The first-order valence-electron chi connectivity index (χ1n) is 5.53. The third kappa shape index (κ3) is 2.93. The fourth-order valence-corrected chi connectivity index (χ4v) is 1.52. The summed E-state index contributed by atoms with van der Waals surface area (Å²) >= 11 is 0. The highest BCUT2D eigenvalue weighted by Crippen LogP contribution is 2.27. The summed E-state index contributed by atoms with van der Waals surface area (Å²) < 4.78 is 0. The number of aromatic carboxylic acids is 1. The smallest absolute Gasteiger partial charge is 0.339 e. The van der Waals surface area contributed by atoms with E-state index in [0.29, 0.717) is 5.82 Å². The Labute approximate surface area is 101 Å². The lowest BCUT2D eigenvalue weighted by molar-refractivity contribution is 0.0696. The molecule has 94 valence electrons. The predicted octanol–water partition coefficient (Wildman–Crippen LogP) is 2.05. The summed E-state index contributed by atoms with van der Waals surface area (Å²) in [7, 11) is 1.84. The van der Waals surface area contributed by atoms with Gasteiger partial charge in [-0.3, -0.25) is 0 Å². The van der Waals surface area contributed by atoms with Gasteiger partial charge in [0.25, 0.3) is 0 Å². The number of hydrogen-bond acceptors (Lipinski definition) is 4. The van der Waals surface area contributed by atoms with Crippen LogP contribution in [0.25, 0.3) is 0 Å². The molecule has 0 bridgehead atoms. The lowest BCUT2D eigenvalue weighted by Crippen LogP contribution is -2.40. The highest BCUT2D eigenvalue weighted by Gasteiger charge is 2.27. The SMILES string of the molecule is CC(N(C)c1nnccc1C(=O)O)C(C)(C)C. The molecule has 1 N–H and O–H groups in total. The minimum Gasteiger partial charge on any atom is -0.478 e. The van der Waals surface area contributed by atoms with Crippen LogP contribution in [-0.4, -0.2) is 34.4 Å². The number of rotatable bonds is 3. The minimum absolute atomic E-state index is 0.0298. The highest BCUT2D eigenvalue weighted by atomic mass is 16.4. The Morgan fingerprint density at radius 1 is 1.47 bits per heavy atom. The fourth-order valence-electron chi connectivity index (χ4n) is 1.52. The molecule has 0 saturated heterocycles. The van der Waals surface area contributed by atoms with Gasteiger partial charge in [0.05, 0.1) is 6.20 Å². The molecule has 1 heterocycles. The van der Waals surface area contributed by atoms with Gasteiger partial charge in [0, 0.05) is 13.1 Å². The molecule has 1 unspecified atom stereocenters. The van der Waals surface area contributed by atoms with Crippen molar-refractivity contribution in [1.82, 2.24) is 10.2 Å². The van der Waals surface area contributed by atoms with E-state index < -0.39 is 5.97 Å². The van der Waals surface area contributed by atoms with E-state index in [0.717, 1.165) is 0 Å². The van der Waals surface area contributed by atoms with Crippen LogP contribution >= 0.6 is 0 Å². The molecule has 1 rings (SSSR count). The summed E-state index contributed by atoms with van der Waals surface area (Å²) in [6.07, 6.45) is 1.39. The van der Waals surface area contributed by atoms with E-state index >= 15 is 0 Å². The van der Waals surface area contributed by atoms with Crippen LogP contribution in [0, 0.1) is 5.41 Å².